The molecule has 3 heteroatoms. The van der Waals surface area contributed by atoms with Crippen LogP contribution in [0.1, 0.15) is 38.8 Å². The lowest BCUT2D eigenvalue weighted by Crippen LogP contribution is -2.27. The van der Waals surface area contributed by atoms with Crippen molar-refractivity contribution >= 4 is 5.82 Å². The molecule has 0 aromatic carbocycles. The molecule has 2 N–H and O–H groups in total. The van der Waals surface area contributed by atoms with Gasteiger partial charge in [0.1, 0.15) is 5.82 Å². The summed E-state index contributed by atoms with van der Waals surface area (Å²) in [6.45, 7) is 7.67. The largest absolute Gasteiger partial charge is 0.354 e. The van der Waals surface area contributed by atoms with Gasteiger partial charge in [-0.15, -0.1) is 0 Å². The molecule has 0 aliphatic carbocycles. The third kappa shape index (κ3) is 2.19. The quantitative estimate of drug-likeness (QED) is 0.830. The summed E-state index contributed by atoms with van der Waals surface area (Å²) in [5, 5.41) is 0. The average molecular weight is 219 g/mol. The number of hydrogen-bond acceptors (Lipinski definition) is 3. The highest BCUT2D eigenvalue weighted by atomic mass is 15.2. The summed E-state index contributed by atoms with van der Waals surface area (Å²) in [5.74, 6) is 1.85. The number of pyridine rings is 1. The first-order valence-electron chi connectivity index (χ1n) is 6.06. The summed E-state index contributed by atoms with van der Waals surface area (Å²) in [6.07, 6.45) is 3.16. The Morgan fingerprint density at radius 1 is 1.44 bits per heavy atom. The van der Waals surface area contributed by atoms with E-state index < -0.39 is 0 Å². The Balaban J connectivity index is 2.15. The Morgan fingerprint density at radius 3 is 2.62 bits per heavy atom. The van der Waals surface area contributed by atoms with Crippen molar-refractivity contribution in [2.24, 2.45) is 11.7 Å². The molecule has 1 fully saturated rings. The fourth-order valence-corrected chi connectivity index (χ4v) is 2.46. The van der Waals surface area contributed by atoms with Gasteiger partial charge in [0.05, 0.1) is 0 Å². The van der Waals surface area contributed by atoms with Gasteiger partial charge in [0.25, 0.3) is 0 Å². The van der Waals surface area contributed by atoms with Crippen LogP contribution in [0.2, 0.25) is 0 Å². The summed E-state index contributed by atoms with van der Waals surface area (Å²) in [4.78, 5) is 6.90. The fourth-order valence-electron chi connectivity index (χ4n) is 2.46. The van der Waals surface area contributed by atoms with Crippen LogP contribution in [0.25, 0.3) is 0 Å². The second-order valence-electron chi connectivity index (χ2n) is 5.08. The van der Waals surface area contributed by atoms with Gasteiger partial charge < -0.3 is 10.6 Å². The van der Waals surface area contributed by atoms with E-state index in [1.807, 2.05) is 13.1 Å². The van der Waals surface area contributed by atoms with E-state index in [1.54, 1.807) is 0 Å². The molecule has 0 amide bonds. The third-order valence-electron chi connectivity index (χ3n) is 3.37. The van der Waals surface area contributed by atoms with Crippen molar-refractivity contribution in [3.8, 4) is 0 Å². The Bertz CT molecular complexity index is 345. The van der Waals surface area contributed by atoms with Gasteiger partial charge >= 0.3 is 0 Å². The standard InChI is InChI=1S/C13H21N3/c1-9-6-10(2)16(8-9)13-5-4-12(7-15-13)11(3)14/h4-5,7,9-11H,6,8,14H2,1-3H3/t9?,10?,11-/m0/s1. The number of anilines is 1. The zero-order valence-corrected chi connectivity index (χ0v) is 10.4. The predicted molar refractivity (Wildman–Crippen MR) is 67.4 cm³/mol. The number of rotatable bonds is 2. The number of hydrogen-bond donors (Lipinski definition) is 1. The summed E-state index contributed by atoms with van der Waals surface area (Å²) in [7, 11) is 0. The van der Waals surface area contributed by atoms with Crippen LogP contribution in [0.3, 0.4) is 0 Å². The van der Waals surface area contributed by atoms with Crippen LogP contribution in [-0.4, -0.2) is 17.6 Å². The molecule has 16 heavy (non-hydrogen) atoms. The predicted octanol–water partition coefficient (Wildman–Crippen LogP) is 2.34. The monoisotopic (exact) mass is 219 g/mol. The van der Waals surface area contributed by atoms with Gasteiger partial charge in [-0.05, 0) is 37.8 Å². The van der Waals surface area contributed by atoms with E-state index in [2.05, 4.69) is 35.9 Å². The maximum atomic E-state index is 5.81. The summed E-state index contributed by atoms with van der Waals surface area (Å²) in [6, 6.07) is 4.84. The van der Waals surface area contributed by atoms with Gasteiger partial charge in [-0.3, -0.25) is 0 Å². The second kappa shape index (κ2) is 4.42. The van der Waals surface area contributed by atoms with Crippen molar-refractivity contribution in [3.63, 3.8) is 0 Å². The van der Waals surface area contributed by atoms with Crippen molar-refractivity contribution in [1.29, 1.82) is 0 Å². The zero-order valence-electron chi connectivity index (χ0n) is 10.4. The van der Waals surface area contributed by atoms with Crippen LogP contribution in [-0.2, 0) is 0 Å². The Kier molecular flexibility index (Phi) is 3.15. The van der Waals surface area contributed by atoms with Crippen LogP contribution in [0.15, 0.2) is 18.3 Å². The van der Waals surface area contributed by atoms with Gasteiger partial charge in [0.15, 0.2) is 0 Å². The molecule has 1 saturated heterocycles. The highest BCUT2D eigenvalue weighted by Gasteiger charge is 2.26. The van der Waals surface area contributed by atoms with Crippen LogP contribution in [0, 0.1) is 5.92 Å². The molecule has 0 saturated carbocycles. The lowest BCUT2D eigenvalue weighted by atomic mass is 10.1. The van der Waals surface area contributed by atoms with Crippen LogP contribution < -0.4 is 10.6 Å². The fraction of sp³-hybridized carbons (Fsp3) is 0.615. The van der Waals surface area contributed by atoms with Gasteiger partial charge in [0.2, 0.25) is 0 Å². The first kappa shape index (κ1) is 11.4. The SMILES string of the molecule is CC1CC(C)N(c2ccc([C@H](C)N)cn2)C1. The molecule has 0 radical (unpaired) electrons. The van der Waals surface area contributed by atoms with Crippen molar-refractivity contribution in [3.05, 3.63) is 23.9 Å². The molecule has 1 aromatic rings. The van der Waals surface area contributed by atoms with E-state index in [1.165, 1.54) is 6.42 Å². The van der Waals surface area contributed by atoms with E-state index in [4.69, 9.17) is 5.73 Å². The minimum Gasteiger partial charge on any atom is -0.354 e. The van der Waals surface area contributed by atoms with Crippen molar-refractivity contribution in [1.82, 2.24) is 4.98 Å². The molecule has 2 rings (SSSR count). The molecule has 0 spiro atoms. The molecular formula is C13H21N3. The number of nitrogens with zero attached hydrogens (tertiary/aromatic N) is 2. The van der Waals surface area contributed by atoms with Gasteiger partial charge in [-0.25, -0.2) is 4.98 Å². The lowest BCUT2D eigenvalue weighted by Gasteiger charge is -2.22. The molecule has 88 valence electrons. The van der Waals surface area contributed by atoms with E-state index in [-0.39, 0.29) is 6.04 Å². The molecular weight excluding hydrogens is 198 g/mol. The van der Waals surface area contributed by atoms with Crippen molar-refractivity contribution < 1.29 is 0 Å². The van der Waals surface area contributed by atoms with Crippen molar-refractivity contribution in [2.75, 3.05) is 11.4 Å². The second-order valence-corrected chi connectivity index (χ2v) is 5.08. The summed E-state index contributed by atoms with van der Waals surface area (Å²) in [5.41, 5.74) is 6.91. The minimum absolute atomic E-state index is 0.0662. The normalized spacial score (nSPS) is 27.1. The van der Waals surface area contributed by atoms with Crippen molar-refractivity contribution in [2.45, 2.75) is 39.3 Å². The van der Waals surface area contributed by atoms with Crippen LogP contribution in [0.4, 0.5) is 5.82 Å². The average Bonchev–Trinajstić information content (AvgIpc) is 2.58. The molecule has 0 bridgehead atoms. The molecule has 2 unspecified atom stereocenters. The van der Waals surface area contributed by atoms with E-state index in [9.17, 15) is 0 Å². The lowest BCUT2D eigenvalue weighted by molar-refractivity contribution is 0.625. The number of nitrogens with two attached hydrogens (primary N) is 1. The maximum Gasteiger partial charge on any atom is 0.128 e. The Labute approximate surface area is 97.7 Å². The molecule has 1 aromatic heterocycles. The first-order chi connectivity index (χ1) is 7.58. The zero-order chi connectivity index (χ0) is 11.7. The van der Waals surface area contributed by atoms with E-state index in [0.717, 1.165) is 23.8 Å². The number of aromatic nitrogens is 1. The van der Waals surface area contributed by atoms with Gasteiger partial charge in [-0.1, -0.05) is 13.0 Å². The molecule has 1 aliphatic rings. The van der Waals surface area contributed by atoms with E-state index in [0.29, 0.717) is 6.04 Å². The molecule has 3 atom stereocenters. The topological polar surface area (TPSA) is 42.1 Å². The maximum absolute atomic E-state index is 5.81. The van der Waals surface area contributed by atoms with Crippen LogP contribution in [0.5, 0.6) is 0 Å². The first-order valence-corrected chi connectivity index (χ1v) is 6.06. The van der Waals surface area contributed by atoms with Gasteiger partial charge in [-0.2, -0.15) is 0 Å². The highest BCUT2D eigenvalue weighted by Crippen LogP contribution is 2.27. The Morgan fingerprint density at radius 2 is 2.19 bits per heavy atom. The molecule has 1 aliphatic heterocycles. The molecule has 2 heterocycles. The third-order valence-corrected chi connectivity index (χ3v) is 3.37. The minimum atomic E-state index is 0.0662. The van der Waals surface area contributed by atoms with Gasteiger partial charge in [0, 0.05) is 24.8 Å². The summed E-state index contributed by atoms with van der Waals surface area (Å²) < 4.78 is 0. The van der Waals surface area contributed by atoms with Crippen LogP contribution >= 0.6 is 0 Å². The van der Waals surface area contributed by atoms with E-state index >= 15 is 0 Å². The highest BCUT2D eigenvalue weighted by molar-refractivity contribution is 5.42. The smallest absolute Gasteiger partial charge is 0.128 e. The Hall–Kier alpha value is -1.09. The molecule has 3 nitrogen and oxygen atoms in total. The summed E-state index contributed by atoms with van der Waals surface area (Å²) >= 11 is 0.